The summed E-state index contributed by atoms with van der Waals surface area (Å²) < 4.78 is 5.26. The van der Waals surface area contributed by atoms with Crippen LogP contribution in [0, 0.1) is 0 Å². The van der Waals surface area contributed by atoms with E-state index in [4.69, 9.17) is 17.0 Å². The monoisotopic (exact) mass is 345 g/mol. The summed E-state index contributed by atoms with van der Waals surface area (Å²) in [6, 6.07) is 7.28. The third kappa shape index (κ3) is 3.25. The zero-order valence-electron chi connectivity index (χ0n) is 12.4. The van der Waals surface area contributed by atoms with Gasteiger partial charge in [0.05, 0.1) is 23.9 Å². The summed E-state index contributed by atoms with van der Waals surface area (Å²) in [4.78, 5) is 17.7. The van der Waals surface area contributed by atoms with E-state index in [0.717, 1.165) is 10.4 Å². The maximum absolute atomic E-state index is 12.6. The molecule has 118 valence electrons. The van der Waals surface area contributed by atoms with Crippen molar-refractivity contribution in [3.63, 3.8) is 0 Å². The highest BCUT2D eigenvalue weighted by atomic mass is 32.1. The van der Waals surface area contributed by atoms with Gasteiger partial charge in [-0.3, -0.25) is 4.98 Å². The summed E-state index contributed by atoms with van der Waals surface area (Å²) >= 11 is 6.87. The summed E-state index contributed by atoms with van der Waals surface area (Å²) in [6.45, 7) is 2.10. The van der Waals surface area contributed by atoms with Crippen molar-refractivity contribution in [3.05, 3.63) is 58.1 Å². The largest absolute Gasteiger partial charge is 0.463 e. The summed E-state index contributed by atoms with van der Waals surface area (Å²) in [5.41, 5.74) is 1.94. The highest BCUT2D eigenvalue weighted by Gasteiger charge is 2.33. The Hall–Kier alpha value is -2.25. The first-order valence-corrected chi connectivity index (χ1v) is 8.42. The third-order valence-electron chi connectivity index (χ3n) is 3.35. The smallest absolute Gasteiger partial charge is 0.338 e. The second-order valence-electron chi connectivity index (χ2n) is 4.80. The molecule has 0 unspecified atom stereocenters. The summed E-state index contributed by atoms with van der Waals surface area (Å²) in [5, 5.41) is 8.67. The van der Waals surface area contributed by atoms with Crippen molar-refractivity contribution in [2.24, 2.45) is 0 Å². The molecule has 0 fully saturated rings. The van der Waals surface area contributed by atoms with Gasteiger partial charge in [0, 0.05) is 22.8 Å². The van der Waals surface area contributed by atoms with Crippen molar-refractivity contribution in [1.29, 1.82) is 0 Å². The number of nitrogens with zero attached hydrogens (tertiary/aromatic N) is 1. The van der Waals surface area contributed by atoms with Gasteiger partial charge in [-0.25, -0.2) is 4.79 Å². The van der Waals surface area contributed by atoms with Crippen LogP contribution in [0.15, 0.2) is 47.6 Å². The van der Waals surface area contributed by atoms with Crippen LogP contribution in [-0.4, -0.2) is 22.7 Å². The number of nitrogens with one attached hydrogen (secondary N) is 2. The molecule has 5 nitrogen and oxygen atoms in total. The van der Waals surface area contributed by atoms with Crippen LogP contribution in [0.3, 0.4) is 0 Å². The lowest BCUT2D eigenvalue weighted by atomic mass is 9.98. The fraction of sp³-hybridized carbons (Fsp3) is 0.188. The molecule has 0 aromatic carbocycles. The average Bonchev–Trinajstić information content (AvgIpc) is 3.09. The van der Waals surface area contributed by atoms with Crippen LogP contribution >= 0.6 is 23.6 Å². The van der Waals surface area contributed by atoms with Crippen molar-refractivity contribution in [2.45, 2.75) is 13.0 Å². The van der Waals surface area contributed by atoms with Gasteiger partial charge in [-0.1, -0.05) is 6.07 Å². The SMILES string of the molecule is CCOC(=O)C1=C(c2cccnc2)NC(=S)N[C@@H]1c1cccs1. The molecule has 1 atom stereocenters. The summed E-state index contributed by atoms with van der Waals surface area (Å²) in [7, 11) is 0. The Kier molecular flexibility index (Phi) is 4.68. The standard InChI is InChI=1S/C16H15N3O2S2/c1-2-21-15(20)12-13(10-5-3-7-17-9-10)18-16(22)19-14(12)11-6-4-8-23-11/h3-9,14H,2H2,1H3,(H2,18,19,22)/t14-/m1/s1. The third-order valence-corrected chi connectivity index (χ3v) is 4.50. The second-order valence-corrected chi connectivity index (χ2v) is 6.19. The second kappa shape index (κ2) is 6.89. The highest BCUT2D eigenvalue weighted by Crippen LogP contribution is 2.33. The number of carbonyl (C=O) groups is 1. The predicted molar refractivity (Wildman–Crippen MR) is 93.7 cm³/mol. The van der Waals surface area contributed by atoms with E-state index in [9.17, 15) is 4.79 Å². The van der Waals surface area contributed by atoms with Crippen molar-refractivity contribution in [1.82, 2.24) is 15.6 Å². The van der Waals surface area contributed by atoms with Gasteiger partial charge in [0.15, 0.2) is 5.11 Å². The molecule has 3 heterocycles. The Morgan fingerprint density at radius 2 is 2.30 bits per heavy atom. The normalized spacial score (nSPS) is 17.4. The first-order valence-electron chi connectivity index (χ1n) is 7.13. The quantitative estimate of drug-likeness (QED) is 0.656. The van der Waals surface area contributed by atoms with E-state index in [1.165, 1.54) is 0 Å². The van der Waals surface area contributed by atoms with Crippen LogP contribution < -0.4 is 10.6 Å². The van der Waals surface area contributed by atoms with E-state index in [2.05, 4.69) is 15.6 Å². The molecule has 0 bridgehead atoms. The number of ether oxygens (including phenoxy) is 1. The fourth-order valence-electron chi connectivity index (χ4n) is 2.40. The fourth-order valence-corrected chi connectivity index (χ4v) is 3.40. The Morgan fingerprint density at radius 3 is 2.96 bits per heavy atom. The molecule has 3 rings (SSSR count). The molecule has 7 heteroatoms. The predicted octanol–water partition coefficient (Wildman–Crippen LogP) is 2.64. The molecule has 0 saturated carbocycles. The van der Waals surface area contributed by atoms with Gasteiger partial charge in [0.2, 0.25) is 0 Å². The lowest BCUT2D eigenvalue weighted by Crippen LogP contribution is -2.45. The van der Waals surface area contributed by atoms with E-state index in [0.29, 0.717) is 23.0 Å². The van der Waals surface area contributed by atoms with Crippen LogP contribution in [0.5, 0.6) is 0 Å². The van der Waals surface area contributed by atoms with Gasteiger partial charge < -0.3 is 15.4 Å². The average molecular weight is 345 g/mol. The minimum Gasteiger partial charge on any atom is -0.463 e. The van der Waals surface area contributed by atoms with Crippen molar-refractivity contribution < 1.29 is 9.53 Å². The van der Waals surface area contributed by atoms with E-state index in [1.54, 1.807) is 30.7 Å². The minimum atomic E-state index is -0.368. The molecule has 0 aliphatic carbocycles. The molecule has 0 radical (unpaired) electrons. The maximum Gasteiger partial charge on any atom is 0.338 e. The summed E-state index contributed by atoms with van der Waals surface area (Å²) in [6.07, 6.45) is 3.38. The van der Waals surface area contributed by atoms with Crippen molar-refractivity contribution >= 4 is 40.3 Å². The first kappa shape index (κ1) is 15.6. The molecule has 0 amide bonds. The van der Waals surface area contributed by atoms with Crippen molar-refractivity contribution in [3.8, 4) is 0 Å². The van der Waals surface area contributed by atoms with E-state index in [-0.39, 0.29) is 12.0 Å². The van der Waals surface area contributed by atoms with E-state index >= 15 is 0 Å². The number of carbonyl (C=O) groups excluding carboxylic acids is 1. The number of thiophene rings is 1. The molecule has 1 aliphatic rings. The number of esters is 1. The van der Waals surface area contributed by atoms with Gasteiger partial charge >= 0.3 is 5.97 Å². The number of pyridine rings is 1. The van der Waals surface area contributed by atoms with Crippen LogP contribution in [0.25, 0.3) is 5.70 Å². The van der Waals surface area contributed by atoms with Crippen LogP contribution in [0.1, 0.15) is 23.4 Å². The number of thiocarbonyl (C=S) groups is 1. The van der Waals surface area contributed by atoms with Crippen LogP contribution in [0.4, 0.5) is 0 Å². The van der Waals surface area contributed by atoms with Gasteiger partial charge in [-0.15, -0.1) is 11.3 Å². The number of rotatable bonds is 4. The Morgan fingerprint density at radius 1 is 1.43 bits per heavy atom. The zero-order chi connectivity index (χ0) is 16.2. The lowest BCUT2D eigenvalue weighted by molar-refractivity contribution is -0.138. The molecule has 0 spiro atoms. The number of hydrogen-bond donors (Lipinski definition) is 2. The van der Waals surface area contributed by atoms with E-state index < -0.39 is 0 Å². The van der Waals surface area contributed by atoms with Gasteiger partial charge in [0.1, 0.15) is 0 Å². The Bertz CT molecular complexity index is 742. The zero-order valence-corrected chi connectivity index (χ0v) is 14.0. The van der Waals surface area contributed by atoms with Gasteiger partial charge in [-0.05, 0) is 42.7 Å². The number of aromatic nitrogens is 1. The van der Waals surface area contributed by atoms with Gasteiger partial charge in [-0.2, -0.15) is 0 Å². The van der Waals surface area contributed by atoms with E-state index in [1.807, 2.05) is 29.6 Å². The van der Waals surface area contributed by atoms with Crippen LogP contribution in [0.2, 0.25) is 0 Å². The van der Waals surface area contributed by atoms with Gasteiger partial charge in [0.25, 0.3) is 0 Å². The minimum absolute atomic E-state index is 0.310. The molecule has 23 heavy (non-hydrogen) atoms. The molecule has 0 saturated heterocycles. The van der Waals surface area contributed by atoms with Crippen LogP contribution in [-0.2, 0) is 9.53 Å². The Labute approximate surface area is 143 Å². The topological polar surface area (TPSA) is 63.2 Å². The Balaban J connectivity index is 2.15. The number of hydrogen-bond acceptors (Lipinski definition) is 5. The maximum atomic E-state index is 12.6. The molecule has 2 N–H and O–H groups in total. The highest BCUT2D eigenvalue weighted by molar-refractivity contribution is 7.80. The van der Waals surface area contributed by atoms with Crippen molar-refractivity contribution in [2.75, 3.05) is 6.61 Å². The molecular formula is C16H15N3O2S2. The lowest BCUT2D eigenvalue weighted by Gasteiger charge is -2.30. The molecule has 2 aromatic rings. The molecule has 2 aromatic heterocycles. The first-order chi connectivity index (χ1) is 11.2. The molecular weight excluding hydrogens is 330 g/mol. The summed E-state index contributed by atoms with van der Waals surface area (Å²) in [5.74, 6) is -0.368. The molecule has 1 aliphatic heterocycles.